The molecule has 0 aromatic carbocycles. The van der Waals surface area contributed by atoms with E-state index in [2.05, 4.69) is 27.7 Å². The highest BCUT2D eigenvalue weighted by molar-refractivity contribution is 6.46. The second kappa shape index (κ2) is 8.28. The van der Waals surface area contributed by atoms with Gasteiger partial charge in [0.2, 0.25) is 0 Å². The van der Waals surface area contributed by atoms with Gasteiger partial charge in [0, 0.05) is 18.8 Å². The maximum absolute atomic E-state index is 6.07. The highest BCUT2D eigenvalue weighted by atomic mass is 28.3. The van der Waals surface area contributed by atoms with Gasteiger partial charge in [-0.05, 0) is 31.1 Å². The van der Waals surface area contributed by atoms with Gasteiger partial charge in [0.15, 0.2) is 0 Å². The maximum atomic E-state index is 6.07. The molecule has 0 N–H and O–H groups in total. The van der Waals surface area contributed by atoms with Gasteiger partial charge in [-0.2, -0.15) is 0 Å². The summed E-state index contributed by atoms with van der Waals surface area (Å²) >= 11 is 0. The van der Waals surface area contributed by atoms with Gasteiger partial charge in [-0.25, -0.2) is 0 Å². The topological polar surface area (TPSA) is 18.5 Å². The monoisotopic (exact) mass is 258 g/mol. The molecule has 1 aliphatic rings. The van der Waals surface area contributed by atoms with Crippen LogP contribution in [0.1, 0.15) is 59.8 Å². The van der Waals surface area contributed by atoms with Crippen LogP contribution in [0, 0.1) is 11.8 Å². The number of hydrogen-bond donors (Lipinski definition) is 0. The number of hydrogen-bond acceptors (Lipinski definition) is 2. The molecule has 0 aliphatic heterocycles. The molecule has 0 bridgehead atoms. The van der Waals surface area contributed by atoms with E-state index in [1.165, 1.54) is 19.3 Å². The Kier molecular flexibility index (Phi) is 7.40. The van der Waals surface area contributed by atoms with Crippen molar-refractivity contribution >= 4 is 9.28 Å². The zero-order valence-electron chi connectivity index (χ0n) is 12.1. The molecule has 0 spiro atoms. The van der Waals surface area contributed by atoms with E-state index in [1.54, 1.807) is 0 Å². The van der Waals surface area contributed by atoms with E-state index in [9.17, 15) is 0 Å². The standard InChI is InChI=1S/C14H30O2Si/c1-5-9-15-17(16-10-6-2)14-11-12(3)7-8-13(14)4/h12-14,17H,5-11H2,1-4H3. The first kappa shape index (κ1) is 15.2. The van der Waals surface area contributed by atoms with Crippen LogP contribution in [-0.2, 0) is 8.85 Å². The molecule has 0 amide bonds. The van der Waals surface area contributed by atoms with Gasteiger partial charge in [-0.15, -0.1) is 0 Å². The van der Waals surface area contributed by atoms with Gasteiger partial charge in [0.1, 0.15) is 0 Å². The Morgan fingerprint density at radius 2 is 1.59 bits per heavy atom. The fraction of sp³-hybridized carbons (Fsp3) is 1.00. The van der Waals surface area contributed by atoms with Crippen LogP contribution in [0.15, 0.2) is 0 Å². The minimum absolute atomic E-state index is 0.733. The molecule has 0 aromatic heterocycles. The molecule has 3 heteroatoms. The van der Waals surface area contributed by atoms with Crippen LogP contribution in [0.25, 0.3) is 0 Å². The Bertz CT molecular complexity index is 191. The van der Waals surface area contributed by atoms with Crippen LogP contribution in [0.3, 0.4) is 0 Å². The van der Waals surface area contributed by atoms with E-state index in [0.29, 0.717) is 0 Å². The molecule has 1 rings (SSSR count). The Labute approximate surface area is 109 Å². The summed E-state index contributed by atoms with van der Waals surface area (Å²) in [7, 11) is -1.45. The van der Waals surface area contributed by atoms with Gasteiger partial charge in [0.25, 0.3) is 0 Å². The van der Waals surface area contributed by atoms with Gasteiger partial charge in [0.05, 0.1) is 0 Å². The third-order valence-electron chi connectivity index (χ3n) is 3.84. The van der Waals surface area contributed by atoms with E-state index in [4.69, 9.17) is 8.85 Å². The molecular weight excluding hydrogens is 228 g/mol. The molecule has 1 aliphatic carbocycles. The van der Waals surface area contributed by atoms with Gasteiger partial charge in [-0.3, -0.25) is 0 Å². The van der Waals surface area contributed by atoms with Crippen LogP contribution < -0.4 is 0 Å². The van der Waals surface area contributed by atoms with Crippen molar-refractivity contribution in [3.8, 4) is 0 Å². The lowest BCUT2D eigenvalue weighted by Crippen LogP contribution is -2.36. The number of rotatable bonds is 7. The second-order valence-corrected chi connectivity index (χ2v) is 7.93. The first-order chi connectivity index (χ1) is 8.19. The predicted octanol–water partition coefficient (Wildman–Crippen LogP) is 3.89. The van der Waals surface area contributed by atoms with E-state index < -0.39 is 9.28 Å². The molecular formula is C14H30O2Si. The van der Waals surface area contributed by atoms with Gasteiger partial charge >= 0.3 is 9.28 Å². The van der Waals surface area contributed by atoms with Gasteiger partial charge < -0.3 is 8.85 Å². The Morgan fingerprint density at radius 1 is 1.00 bits per heavy atom. The molecule has 3 unspecified atom stereocenters. The van der Waals surface area contributed by atoms with E-state index in [0.717, 1.165) is 43.4 Å². The minimum Gasteiger partial charge on any atom is -0.396 e. The Hall–Kier alpha value is 0.137. The summed E-state index contributed by atoms with van der Waals surface area (Å²) in [5, 5.41) is 0. The van der Waals surface area contributed by atoms with Crippen molar-refractivity contribution in [2.24, 2.45) is 11.8 Å². The smallest absolute Gasteiger partial charge is 0.324 e. The molecule has 2 nitrogen and oxygen atoms in total. The molecule has 102 valence electrons. The Balaban J connectivity index is 2.52. The van der Waals surface area contributed by atoms with Crippen molar-refractivity contribution in [1.29, 1.82) is 0 Å². The molecule has 0 saturated heterocycles. The van der Waals surface area contributed by atoms with Crippen LogP contribution >= 0.6 is 0 Å². The lowest BCUT2D eigenvalue weighted by Gasteiger charge is -2.36. The minimum atomic E-state index is -1.45. The quantitative estimate of drug-likeness (QED) is 0.645. The van der Waals surface area contributed by atoms with Crippen molar-refractivity contribution in [2.75, 3.05) is 13.2 Å². The predicted molar refractivity (Wildman–Crippen MR) is 75.6 cm³/mol. The summed E-state index contributed by atoms with van der Waals surface area (Å²) in [5.41, 5.74) is 0.733. The lowest BCUT2D eigenvalue weighted by atomic mass is 9.83. The van der Waals surface area contributed by atoms with E-state index >= 15 is 0 Å². The van der Waals surface area contributed by atoms with Crippen molar-refractivity contribution in [3.63, 3.8) is 0 Å². The zero-order valence-corrected chi connectivity index (χ0v) is 13.2. The summed E-state index contributed by atoms with van der Waals surface area (Å²) in [5.74, 6) is 1.67. The Morgan fingerprint density at radius 3 is 2.12 bits per heavy atom. The largest absolute Gasteiger partial charge is 0.396 e. The SMILES string of the molecule is CCCO[SiH](OCCC)C1CC(C)CCC1C. The molecule has 3 atom stereocenters. The fourth-order valence-corrected chi connectivity index (χ4v) is 5.66. The van der Waals surface area contributed by atoms with Crippen LogP contribution in [0.2, 0.25) is 5.54 Å². The average Bonchev–Trinajstić information content (AvgIpc) is 2.33. The third-order valence-corrected chi connectivity index (χ3v) is 6.60. The summed E-state index contributed by atoms with van der Waals surface area (Å²) in [6.07, 6.45) is 6.29. The molecule has 0 radical (unpaired) electrons. The third kappa shape index (κ3) is 5.10. The first-order valence-corrected chi connectivity index (χ1v) is 9.03. The van der Waals surface area contributed by atoms with Crippen LogP contribution in [0.5, 0.6) is 0 Å². The van der Waals surface area contributed by atoms with E-state index in [1.807, 2.05) is 0 Å². The second-order valence-electron chi connectivity index (χ2n) is 5.67. The molecule has 0 aromatic rings. The molecule has 0 heterocycles. The summed E-state index contributed by atoms with van der Waals surface area (Å²) in [6, 6.07) is 0. The van der Waals surface area contributed by atoms with Crippen molar-refractivity contribution in [1.82, 2.24) is 0 Å². The summed E-state index contributed by atoms with van der Waals surface area (Å²) in [6.45, 7) is 10.9. The molecule has 17 heavy (non-hydrogen) atoms. The normalized spacial score (nSPS) is 29.8. The van der Waals surface area contributed by atoms with Crippen LogP contribution in [-0.4, -0.2) is 22.5 Å². The summed E-state index contributed by atoms with van der Waals surface area (Å²) in [4.78, 5) is 0. The van der Waals surface area contributed by atoms with Crippen molar-refractivity contribution < 1.29 is 8.85 Å². The molecule has 1 saturated carbocycles. The first-order valence-electron chi connectivity index (χ1n) is 7.42. The fourth-order valence-electron chi connectivity index (χ4n) is 2.72. The van der Waals surface area contributed by atoms with Crippen LogP contribution in [0.4, 0.5) is 0 Å². The summed E-state index contributed by atoms with van der Waals surface area (Å²) < 4.78 is 12.1. The van der Waals surface area contributed by atoms with Crippen molar-refractivity contribution in [3.05, 3.63) is 0 Å². The lowest BCUT2D eigenvalue weighted by molar-refractivity contribution is 0.161. The van der Waals surface area contributed by atoms with E-state index in [-0.39, 0.29) is 0 Å². The highest BCUT2D eigenvalue weighted by Crippen LogP contribution is 2.40. The maximum Gasteiger partial charge on any atom is 0.324 e. The average molecular weight is 258 g/mol. The molecule has 1 fully saturated rings. The zero-order chi connectivity index (χ0) is 12.7. The highest BCUT2D eigenvalue weighted by Gasteiger charge is 2.35. The van der Waals surface area contributed by atoms with Crippen molar-refractivity contribution in [2.45, 2.75) is 65.3 Å². The van der Waals surface area contributed by atoms with Gasteiger partial charge in [-0.1, -0.05) is 40.5 Å².